The summed E-state index contributed by atoms with van der Waals surface area (Å²) in [6.07, 6.45) is 5.71. The standard InChI is InChI=1S/C16H21NO3/c18-15(11-14-3-1-2-7-17-14)13-4-8-20-16(12-13)5-9-19-10-6-16/h1-3,7,13H,4-6,8-12H2. The Morgan fingerprint density at radius 3 is 2.90 bits per heavy atom. The molecule has 2 aliphatic rings. The number of carbonyl (C=O) groups excluding carboxylic acids is 1. The normalized spacial score (nSPS) is 25.5. The Balaban J connectivity index is 1.63. The number of rotatable bonds is 3. The van der Waals surface area contributed by atoms with Crippen LogP contribution in [0.5, 0.6) is 0 Å². The first-order valence-electron chi connectivity index (χ1n) is 7.42. The summed E-state index contributed by atoms with van der Waals surface area (Å²) in [6, 6.07) is 5.72. The quantitative estimate of drug-likeness (QED) is 0.848. The van der Waals surface area contributed by atoms with Crippen LogP contribution in [0.15, 0.2) is 24.4 Å². The summed E-state index contributed by atoms with van der Waals surface area (Å²) in [5.74, 6) is 0.418. The van der Waals surface area contributed by atoms with Crippen molar-refractivity contribution in [2.45, 2.75) is 37.7 Å². The molecule has 0 amide bonds. The number of Topliss-reactive ketones (excluding diaryl/α,β-unsaturated/α-hetero) is 1. The molecule has 1 aromatic rings. The highest BCUT2D eigenvalue weighted by Crippen LogP contribution is 2.37. The SMILES string of the molecule is O=C(Cc1ccccn1)C1CCOC2(CCOCC2)C1. The molecular formula is C16H21NO3. The lowest BCUT2D eigenvalue weighted by molar-refractivity contribution is -0.156. The van der Waals surface area contributed by atoms with Gasteiger partial charge in [0.15, 0.2) is 0 Å². The van der Waals surface area contributed by atoms with Gasteiger partial charge >= 0.3 is 0 Å². The van der Waals surface area contributed by atoms with Crippen molar-refractivity contribution < 1.29 is 14.3 Å². The van der Waals surface area contributed by atoms with Crippen LogP contribution in [0.3, 0.4) is 0 Å². The van der Waals surface area contributed by atoms with Gasteiger partial charge in [-0.3, -0.25) is 9.78 Å². The van der Waals surface area contributed by atoms with Crippen molar-refractivity contribution in [1.29, 1.82) is 0 Å². The third kappa shape index (κ3) is 3.07. The topological polar surface area (TPSA) is 48.4 Å². The van der Waals surface area contributed by atoms with Gasteiger partial charge in [-0.1, -0.05) is 6.07 Å². The molecule has 1 unspecified atom stereocenters. The molecule has 0 bridgehead atoms. The van der Waals surface area contributed by atoms with Crippen molar-refractivity contribution in [3.63, 3.8) is 0 Å². The molecule has 0 saturated carbocycles. The third-order valence-corrected chi connectivity index (χ3v) is 4.43. The summed E-state index contributed by atoms with van der Waals surface area (Å²) < 4.78 is 11.4. The molecule has 0 aliphatic carbocycles. The first-order valence-corrected chi connectivity index (χ1v) is 7.42. The van der Waals surface area contributed by atoms with Crippen LogP contribution in [0.25, 0.3) is 0 Å². The van der Waals surface area contributed by atoms with Gasteiger partial charge in [-0.05, 0) is 37.8 Å². The van der Waals surface area contributed by atoms with E-state index in [1.54, 1.807) is 6.20 Å². The molecule has 2 saturated heterocycles. The maximum atomic E-state index is 12.5. The number of nitrogens with zero attached hydrogens (tertiary/aromatic N) is 1. The van der Waals surface area contributed by atoms with E-state index >= 15 is 0 Å². The average molecular weight is 275 g/mol. The molecule has 20 heavy (non-hydrogen) atoms. The van der Waals surface area contributed by atoms with Crippen molar-refractivity contribution >= 4 is 5.78 Å². The minimum atomic E-state index is -0.110. The van der Waals surface area contributed by atoms with E-state index in [0.29, 0.717) is 18.8 Å². The fourth-order valence-electron chi connectivity index (χ4n) is 3.22. The number of aromatic nitrogens is 1. The van der Waals surface area contributed by atoms with Crippen molar-refractivity contribution in [1.82, 2.24) is 4.98 Å². The van der Waals surface area contributed by atoms with E-state index in [1.165, 1.54) is 0 Å². The van der Waals surface area contributed by atoms with E-state index in [0.717, 1.165) is 44.6 Å². The van der Waals surface area contributed by atoms with Crippen molar-refractivity contribution in [2.24, 2.45) is 5.92 Å². The van der Waals surface area contributed by atoms with E-state index in [-0.39, 0.29) is 11.5 Å². The van der Waals surface area contributed by atoms with Crippen LogP contribution >= 0.6 is 0 Å². The Kier molecular flexibility index (Phi) is 4.13. The maximum absolute atomic E-state index is 12.5. The number of hydrogen-bond donors (Lipinski definition) is 0. The van der Waals surface area contributed by atoms with Crippen LogP contribution in [-0.2, 0) is 20.7 Å². The zero-order chi connectivity index (χ0) is 13.8. The molecule has 2 aliphatic heterocycles. The summed E-state index contributed by atoms with van der Waals surface area (Å²) >= 11 is 0. The highest BCUT2D eigenvalue weighted by molar-refractivity contribution is 5.83. The Morgan fingerprint density at radius 1 is 1.30 bits per heavy atom. The zero-order valence-corrected chi connectivity index (χ0v) is 11.7. The second-order valence-corrected chi connectivity index (χ2v) is 5.80. The number of hydrogen-bond acceptors (Lipinski definition) is 4. The molecule has 1 spiro atoms. The lowest BCUT2D eigenvalue weighted by Gasteiger charge is -2.42. The van der Waals surface area contributed by atoms with Gasteiger partial charge < -0.3 is 9.47 Å². The summed E-state index contributed by atoms with van der Waals surface area (Å²) in [7, 11) is 0. The van der Waals surface area contributed by atoms with E-state index < -0.39 is 0 Å². The highest BCUT2D eigenvalue weighted by atomic mass is 16.5. The molecular weight excluding hydrogens is 254 g/mol. The Hall–Kier alpha value is -1.26. The van der Waals surface area contributed by atoms with Gasteiger partial charge in [-0.2, -0.15) is 0 Å². The maximum Gasteiger partial charge on any atom is 0.142 e. The summed E-state index contributed by atoms with van der Waals surface area (Å²) in [5, 5.41) is 0. The van der Waals surface area contributed by atoms with E-state index in [4.69, 9.17) is 9.47 Å². The number of pyridine rings is 1. The highest BCUT2D eigenvalue weighted by Gasteiger charge is 2.40. The predicted molar refractivity (Wildman–Crippen MR) is 74.4 cm³/mol. The monoisotopic (exact) mass is 275 g/mol. The molecule has 4 heteroatoms. The third-order valence-electron chi connectivity index (χ3n) is 4.43. The predicted octanol–water partition coefficient (Wildman–Crippen LogP) is 2.17. The molecule has 1 aromatic heterocycles. The van der Waals surface area contributed by atoms with Gasteiger partial charge in [0.25, 0.3) is 0 Å². The lowest BCUT2D eigenvalue weighted by Crippen LogP contribution is -2.46. The molecule has 1 atom stereocenters. The zero-order valence-electron chi connectivity index (χ0n) is 11.7. The first kappa shape index (κ1) is 13.7. The van der Waals surface area contributed by atoms with E-state index in [2.05, 4.69) is 4.98 Å². The van der Waals surface area contributed by atoms with Gasteiger partial charge in [0.2, 0.25) is 0 Å². The van der Waals surface area contributed by atoms with Gasteiger partial charge in [0, 0.05) is 44.1 Å². The average Bonchev–Trinajstić information content (AvgIpc) is 2.49. The van der Waals surface area contributed by atoms with Crippen LogP contribution in [0, 0.1) is 5.92 Å². The molecule has 2 fully saturated rings. The largest absolute Gasteiger partial charge is 0.381 e. The fraction of sp³-hybridized carbons (Fsp3) is 0.625. The molecule has 0 N–H and O–H groups in total. The van der Waals surface area contributed by atoms with Gasteiger partial charge in [0.05, 0.1) is 5.60 Å². The fourth-order valence-corrected chi connectivity index (χ4v) is 3.22. The smallest absolute Gasteiger partial charge is 0.142 e. The van der Waals surface area contributed by atoms with Gasteiger partial charge in [-0.15, -0.1) is 0 Å². The van der Waals surface area contributed by atoms with Crippen LogP contribution in [-0.4, -0.2) is 36.2 Å². The van der Waals surface area contributed by atoms with Gasteiger partial charge in [0.1, 0.15) is 5.78 Å². The number of ketones is 1. The van der Waals surface area contributed by atoms with Crippen LogP contribution < -0.4 is 0 Å². The lowest BCUT2D eigenvalue weighted by atomic mass is 9.78. The minimum absolute atomic E-state index is 0.110. The van der Waals surface area contributed by atoms with Crippen LogP contribution in [0.4, 0.5) is 0 Å². The summed E-state index contributed by atoms with van der Waals surface area (Å²) in [5.41, 5.74) is 0.756. The molecule has 0 radical (unpaired) electrons. The van der Waals surface area contributed by atoms with Crippen molar-refractivity contribution in [2.75, 3.05) is 19.8 Å². The Morgan fingerprint density at radius 2 is 2.15 bits per heavy atom. The summed E-state index contributed by atoms with van der Waals surface area (Å²) in [6.45, 7) is 2.20. The van der Waals surface area contributed by atoms with Crippen LogP contribution in [0.1, 0.15) is 31.4 Å². The van der Waals surface area contributed by atoms with Crippen molar-refractivity contribution in [3.8, 4) is 0 Å². The Labute approximate surface area is 119 Å². The number of ether oxygens (including phenoxy) is 2. The van der Waals surface area contributed by atoms with Crippen molar-refractivity contribution in [3.05, 3.63) is 30.1 Å². The second kappa shape index (κ2) is 6.02. The Bertz CT molecular complexity index is 449. The van der Waals surface area contributed by atoms with E-state index in [1.807, 2.05) is 18.2 Å². The number of carbonyl (C=O) groups is 1. The second-order valence-electron chi connectivity index (χ2n) is 5.80. The molecule has 3 rings (SSSR count). The summed E-state index contributed by atoms with van der Waals surface area (Å²) in [4.78, 5) is 16.7. The molecule has 0 aromatic carbocycles. The molecule has 3 heterocycles. The first-order chi connectivity index (χ1) is 9.77. The molecule has 4 nitrogen and oxygen atoms in total. The minimum Gasteiger partial charge on any atom is -0.381 e. The van der Waals surface area contributed by atoms with E-state index in [9.17, 15) is 4.79 Å². The molecule has 108 valence electrons. The van der Waals surface area contributed by atoms with Gasteiger partial charge in [-0.25, -0.2) is 0 Å². The van der Waals surface area contributed by atoms with Crippen LogP contribution in [0.2, 0.25) is 0 Å².